The van der Waals surface area contributed by atoms with E-state index in [-0.39, 0.29) is 0 Å². The van der Waals surface area contributed by atoms with E-state index in [4.69, 9.17) is 0 Å². The van der Waals surface area contributed by atoms with Crippen LogP contribution >= 0.6 is 0 Å². The molecule has 0 heterocycles. The highest BCUT2D eigenvalue weighted by molar-refractivity contribution is 5.14. The Hall–Kier alpha value is -0.780. The highest BCUT2D eigenvalue weighted by Crippen LogP contribution is 2.34. The van der Waals surface area contributed by atoms with E-state index in [2.05, 4.69) is 30.3 Å². The minimum Gasteiger partial charge on any atom is -0.0622 e. The second kappa shape index (κ2) is 7.53. The highest BCUT2D eigenvalue weighted by Gasteiger charge is 2.19. The molecule has 0 N–H and O–H groups in total. The van der Waals surface area contributed by atoms with Crippen LogP contribution in [0.4, 0.5) is 0 Å². The second-order valence-electron chi connectivity index (χ2n) is 5.59. The van der Waals surface area contributed by atoms with Gasteiger partial charge in [0.1, 0.15) is 0 Å². The molecular weight excluding hydrogens is 204 g/mol. The molecule has 1 aromatic carbocycles. The normalized spacial score (nSPS) is 15.1. The van der Waals surface area contributed by atoms with E-state index >= 15 is 0 Å². The van der Waals surface area contributed by atoms with Crippen LogP contribution in [-0.4, -0.2) is 0 Å². The van der Waals surface area contributed by atoms with Gasteiger partial charge in [0.25, 0.3) is 0 Å². The fourth-order valence-electron chi connectivity index (χ4n) is 2.52. The SMILES string of the molecule is c1ccc(CCCCCCCCC2CC2)cc1. The third kappa shape index (κ3) is 5.91. The van der Waals surface area contributed by atoms with Crippen molar-refractivity contribution >= 4 is 0 Å². The van der Waals surface area contributed by atoms with Gasteiger partial charge < -0.3 is 0 Å². The van der Waals surface area contributed by atoms with Gasteiger partial charge in [-0.2, -0.15) is 0 Å². The van der Waals surface area contributed by atoms with Crippen LogP contribution in [0.3, 0.4) is 0 Å². The molecule has 0 aliphatic heterocycles. The van der Waals surface area contributed by atoms with Gasteiger partial charge in [0, 0.05) is 0 Å². The molecule has 1 saturated carbocycles. The van der Waals surface area contributed by atoms with Gasteiger partial charge in [0.05, 0.1) is 0 Å². The van der Waals surface area contributed by atoms with Gasteiger partial charge in [-0.1, -0.05) is 81.7 Å². The number of aryl methyl sites for hydroxylation is 1. The molecular formula is C17H26. The first-order chi connectivity index (χ1) is 8.45. The minimum atomic E-state index is 1.13. The molecule has 1 fully saturated rings. The zero-order valence-electron chi connectivity index (χ0n) is 11.0. The topological polar surface area (TPSA) is 0 Å². The van der Waals surface area contributed by atoms with E-state index < -0.39 is 0 Å². The Labute approximate surface area is 106 Å². The fourth-order valence-corrected chi connectivity index (χ4v) is 2.52. The van der Waals surface area contributed by atoms with Gasteiger partial charge in [-0.15, -0.1) is 0 Å². The molecule has 2 rings (SSSR count). The maximum absolute atomic E-state index is 2.25. The predicted octanol–water partition coefficient (Wildman–Crippen LogP) is 5.37. The maximum Gasteiger partial charge on any atom is -0.0279 e. The van der Waals surface area contributed by atoms with E-state index in [0.29, 0.717) is 0 Å². The Morgan fingerprint density at radius 3 is 2.12 bits per heavy atom. The molecule has 1 aromatic rings. The van der Waals surface area contributed by atoms with Crippen molar-refractivity contribution in [3.8, 4) is 0 Å². The van der Waals surface area contributed by atoms with Gasteiger partial charge in [-0.25, -0.2) is 0 Å². The predicted molar refractivity (Wildman–Crippen MR) is 75.2 cm³/mol. The first-order valence-electron chi connectivity index (χ1n) is 7.49. The van der Waals surface area contributed by atoms with Crippen LogP contribution in [0, 0.1) is 5.92 Å². The Balaban J connectivity index is 1.38. The molecule has 0 heteroatoms. The van der Waals surface area contributed by atoms with Crippen molar-refractivity contribution in [2.24, 2.45) is 5.92 Å². The molecule has 1 aliphatic carbocycles. The minimum absolute atomic E-state index is 1.13. The Bertz CT molecular complexity index is 284. The zero-order valence-corrected chi connectivity index (χ0v) is 11.0. The quantitative estimate of drug-likeness (QED) is 0.500. The van der Waals surface area contributed by atoms with Gasteiger partial charge in [-0.3, -0.25) is 0 Å². The van der Waals surface area contributed by atoms with Crippen LogP contribution in [0.25, 0.3) is 0 Å². The number of hydrogen-bond acceptors (Lipinski definition) is 0. The summed E-state index contributed by atoms with van der Waals surface area (Å²) in [6, 6.07) is 10.9. The van der Waals surface area contributed by atoms with Crippen molar-refractivity contribution in [1.29, 1.82) is 0 Å². The number of hydrogen-bond donors (Lipinski definition) is 0. The van der Waals surface area contributed by atoms with E-state index in [1.54, 1.807) is 0 Å². The third-order valence-electron chi connectivity index (χ3n) is 3.87. The van der Waals surface area contributed by atoms with Crippen LogP contribution in [0.2, 0.25) is 0 Å². The molecule has 0 unspecified atom stereocenters. The van der Waals surface area contributed by atoms with Crippen LogP contribution in [0.5, 0.6) is 0 Å². The number of rotatable bonds is 9. The molecule has 0 atom stereocenters. The third-order valence-corrected chi connectivity index (χ3v) is 3.87. The monoisotopic (exact) mass is 230 g/mol. The summed E-state index contributed by atoms with van der Waals surface area (Å²) in [6.45, 7) is 0. The molecule has 1 aliphatic rings. The lowest BCUT2D eigenvalue weighted by molar-refractivity contribution is 0.561. The Morgan fingerprint density at radius 1 is 0.765 bits per heavy atom. The standard InChI is InChI=1S/C17H26/c1(2-4-7-13-17-14-15-17)3-6-10-16-11-8-5-9-12-16/h5,8-9,11-12,17H,1-4,6-7,10,13-15H2. The molecule has 0 radical (unpaired) electrons. The van der Waals surface area contributed by atoms with Crippen LogP contribution < -0.4 is 0 Å². The zero-order chi connectivity index (χ0) is 11.8. The number of unbranched alkanes of at least 4 members (excludes halogenated alkanes) is 5. The Kier molecular flexibility index (Phi) is 5.61. The average molecular weight is 230 g/mol. The lowest BCUT2D eigenvalue weighted by Gasteiger charge is -2.02. The summed E-state index contributed by atoms with van der Waals surface area (Å²) in [6.07, 6.45) is 14.5. The molecule has 0 spiro atoms. The lowest BCUT2D eigenvalue weighted by Crippen LogP contribution is -1.86. The summed E-state index contributed by atoms with van der Waals surface area (Å²) in [4.78, 5) is 0. The van der Waals surface area contributed by atoms with Crippen LogP contribution in [-0.2, 0) is 6.42 Å². The first-order valence-corrected chi connectivity index (χ1v) is 7.49. The van der Waals surface area contributed by atoms with Crippen LogP contribution in [0.15, 0.2) is 30.3 Å². The summed E-state index contributed by atoms with van der Waals surface area (Å²) in [5.41, 5.74) is 1.50. The van der Waals surface area contributed by atoms with Crippen molar-refractivity contribution in [3.05, 3.63) is 35.9 Å². The van der Waals surface area contributed by atoms with Crippen molar-refractivity contribution in [2.45, 2.75) is 64.2 Å². The summed E-state index contributed by atoms with van der Waals surface area (Å²) in [7, 11) is 0. The van der Waals surface area contributed by atoms with Gasteiger partial charge in [0.2, 0.25) is 0 Å². The molecule has 0 saturated heterocycles. The van der Waals surface area contributed by atoms with Gasteiger partial charge in [0.15, 0.2) is 0 Å². The smallest absolute Gasteiger partial charge is 0.0279 e. The molecule has 0 amide bonds. The summed E-state index contributed by atoms with van der Waals surface area (Å²) >= 11 is 0. The molecule has 0 aromatic heterocycles. The molecule has 0 nitrogen and oxygen atoms in total. The van der Waals surface area contributed by atoms with Crippen molar-refractivity contribution in [2.75, 3.05) is 0 Å². The van der Waals surface area contributed by atoms with Crippen molar-refractivity contribution in [1.82, 2.24) is 0 Å². The largest absolute Gasteiger partial charge is 0.0622 e. The van der Waals surface area contributed by atoms with Gasteiger partial charge in [-0.05, 0) is 24.3 Å². The van der Waals surface area contributed by atoms with E-state index in [1.807, 2.05) is 0 Å². The molecule has 17 heavy (non-hydrogen) atoms. The van der Waals surface area contributed by atoms with Crippen molar-refractivity contribution in [3.63, 3.8) is 0 Å². The van der Waals surface area contributed by atoms with E-state index in [9.17, 15) is 0 Å². The van der Waals surface area contributed by atoms with Crippen LogP contribution in [0.1, 0.15) is 63.4 Å². The second-order valence-corrected chi connectivity index (χ2v) is 5.59. The molecule has 94 valence electrons. The summed E-state index contributed by atoms with van der Waals surface area (Å²) in [5, 5.41) is 0. The van der Waals surface area contributed by atoms with E-state index in [1.165, 1.54) is 69.8 Å². The lowest BCUT2D eigenvalue weighted by atomic mass is 10.0. The maximum atomic E-state index is 2.25. The first kappa shape index (κ1) is 12.7. The average Bonchev–Trinajstić information content (AvgIpc) is 3.18. The van der Waals surface area contributed by atoms with E-state index in [0.717, 1.165) is 5.92 Å². The Morgan fingerprint density at radius 2 is 1.41 bits per heavy atom. The number of benzene rings is 1. The van der Waals surface area contributed by atoms with Crippen molar-refractivity contribution < 1.29 is 0 Å². The van der Waals surface area contributed by atoms with Gasteiger partial charge >= 0.3 is 0 Å². The fraction of sp³-hybridized carbons (Fsp3) is 0.647. The molecule has 0 bridgehead atoms. The summed E-state index contributed by atoms with van der Waals surface area (Å²) in [5.74, 6) is 1.13. The summed E-state index contributed by atoms with van der Waals surface area (Å²) < 4.78 is 0. The highest BCUT2D eigenvalue weighted by atomic mass is 14.3.